The van der Waals surface area contributed by atoms with Crippen LogP contribution in [0.15, 0.2) is 0 Å². The Labute approximate surface area is 236 Å². The molecule has 0 aromatic heterocycles. The van der Waals surface area contributed by atoms with Crippen LogP contribution >= 0.6 is 0 Å². The van der Waals surface area contributed by atoms with Crippen LogP contribution in [0.2, 0.25) is 0 Å². The van der Waals surface area contributed by atoms with E-state index in [0.29, 0.717) is 6.42 Å². The molecule has 0 fully saturated rings. The monoisotopic (exact) mass is 485 g/mol. The van der Waals surface area contributed by atoms with Crippen molar-refractivity contribution < 1.29 is 69.1 Å². The van der Waals surface area contributed by atoms with E-state index in [1.165, 1.54) is 101 Å². The molecule has 0 atom stereocenters. The Balaban J connectivity index is 0. The van der Waals surface area contributed by atoms with Gasteiger partial charge in [-0.15, -0.1) is 0 Å². The van der Waals surface area contributed by atoms with Gasteiger partial charge in [0.25, 0.3) is 0 Å². The summed E-state index contributed by atoms with van der Waals surface area (Å²) >= 11 is 0. The molecule has 1 amide bonds. The molecule has 31 heavy (non-hydrogen) atoms. The molecule has 0 radical (unpaired) electrons. The number of rotatable bonds is 22. The molecule has 7 heteroatoms. The zero-order valence-electron chi connectivity index (χ0n) is 20.8. The van der Waals surface area contributed by atoms with E-state index in [2.05, 4.69) is 6.92 Å². The summed E-state index contributed by atoms with van der Waals surface area (Å²) in [5.41, 5.74) is 0. The van der Waals surface area contributed by atoms with Gasteiger partial charge in [-0.1, -0.05) is 116 Å². The van der Waals surface area contributed by atoms with Gasteiger partial charge in [-0.2, -0.15) is 0 Å². The first kappa shape index (κ1) is 34.2. The maximum absolute atomic E-state index is 11.9. The van der Waals surface area contributed by atoms with Gasteiger partial charge in [-0.3, -0.25) is 4.79 Å². The second kappa shape index (κ2) is 24.2. The van der Waals surface area contributed by atoms with Crippen molar-refractivity contribution >= 4 is 16.0 Å². The Kier molecular flexibility index (Phi) is 26.6. The van der Waals surface area contributed by atoms with Crippen LogP contribution in [0.4, 0.5) is 0 Å². The number of amides is 1. The van der Waals surface area contributed by atoms with Crippen molar-refractivity contribution in [1.82, 2.24) is 4.90 Å². The molecule has 0 spiro atoms. The number of nitrogens with zero attached hydrogens (tertiary/aromatic N) is 1. The fraction of sp³-hybridized carbons (Fsp3) is 0.958. The largest absolute Gasteiger partial charge is 1.00 e. The van der Waals surface area contributed by atoms with E-state index >= 15 is 0 Å². The average molecular weight is 486 g/mol. The molecule has 0 saturated carbocycles. The zero-order valence-corrected chi connectivity index (χ0v) is 24.8. The smallest absolute Gasteiger partial charge is 0.748 e. The van der Waals surface area contributed by atoms with Gasteiger partial charge in [0.05, 0.1) is 15.9 Å². The summed E-state index contributed by atoms with van der Waals surface area (Å²) in [6.45, 7) is 2.26. The van der Waals surface area contributed by atoms with Gasteiger partial charge < -0.3 is 9.45 Å². The molecule has 0 heterocycles. The maximum Gasteiger partial charge on any atom is 1.00 e. The van der Waals surface area contributed by atoms with Crippen molar-refractivity contribution in [2.45, 2.75) is 129 Å². The van der Waals surface area contributed by atoms with E-state index in [4.69, 9.17) is 0 Å². The Morgan fingerprint density at radius 3 is 1.32 bits per heavy atom. The third kappa shape index (κ3) is 27.1. The molecule has 0 aromatic carbocycles. The number of hydrogen-bond donors (Lipinski definition) is 0. The number of unbranched alkanes of at least 4 members (excludes halogenated alkanes) is 17. The van der Waals surface area contributed by atoms with E-state index in [-0.39, 0.29) is 63.8 Å². The quantitative estimate of drug-likeness (QED) is 0.134. The molecule has 0 aliphatic heterocycles. The third-order valence-corrected chi connectivity index (χ3v) is 6.53. The summed E-state index contributed by atoms with van der Waals surface area (Å²) < 4.78 is 31.8. The number of hydrogen-bond acceptors (Lipinski definition) is 4. The minimum absolute atomic E-state index is 0. The second-order valence-electron chi connectivity index (χ2n) is 8.84. The normalized spacial score (nSPS) is 11.3. The van der Waals surface area contributed by atoms with E-state index in [1.807, 2.05) is 0 Å². The zero-order chi connectivity index (χ0) is 22.5. The van der Waals surface area contributed by atoms with Crippen molar-refractivity contribution in [3.05, 3.63) is 0 Å². The summed E-state index contributed by atoms with van der Waals surface area (Å²) in [5.74, 6) is -0.580. The van der Waals surface area contributed by atoms with Crippen LogP contribution in [0.3, 0.4) is 0 Å². The van der Waals surface area contributed by atoms with Gasteiger partial charge >= 0.3 is 51.4 Å². The molecule has 0 rings (SSSR count). The van der Waals surface area contributed by atoms with Crippen molar-refractivity contribution in [3.8, 4) is 0 Å². The van der Waals surface area contributed by atoms with Crippen molar-refractivity contribution in [2.75, 3.05) is 19.3 Å². The maximum atomic E-state index is 11.9. The van der Waals surface area contributed by atoms with Crippen molar-refractivity contribution in [3.63, 3.8) is 0 Å². The summed E-state index contributed by atoms with van der Waals surface area (Å²) in [6, 6.07) is 0. The molecular formula is C24H48KNO4S. The van der Waals surface area contributed by atoms with E-state index < -0.39 is 15.9 Å². The molecule has 0 saturated heterocycles. The Morgan fingerprint density at radius 1 is 0.677 bits per heavy atom. The first-order valence-electron chi connectivity index (χ1n) is 12.5. The summed E-state index contributed by atoms with van der Waals surface area (Å²) in [7, 11) is -2.69. The predicted molar refractivity (Wildman–Crippen MR) is 126 cm³/mol. The van der Waals surface area contributed by atoms with E-state index in [0.717, 1.165) is 19.3 Å². The minimum Gasteiger partial charge on any atom is -0.748 e. The van der Waals surface area contributed by atoms with E-state index in [1.54, 1.807) is 7.05 Å². The molecule has 180 valence electrons. The van der Waals surface area contributed by atoms with Crippen molar-refractivity contribution in [1.29, 1.82) is 0 Å². The first-order chi connectivity index (χ1) is 14.4. The van der Waals surface area contributed by atoms with Crippen LogP contribution in [0.5, 0.6) is 0 Å². The fourth-order valence-corrected chi connectivity index (χ4v) is 4.24. The minimum atomic E-state index is -4.25. The Bertz CT molecular complexity index is 500. The molecule has 5 nitrogen and oxygen atoms in total. The predicted octanol–water partition coefficient (Wildman–Crippen LogP) is 3.43. The Hall–Kier alpha value is 1.02. The molecule has 0 aliphatic carbocycles. The SMILES string of the molecule is CCCCCCCCCCCCCCCCCCCCC(=O)N(C)CCS(=O)(=O)[O-].[K+]. The fourth-order valence-electron chi connectivity index (χ4n) is 3.74. The van der Waals surface area contributed by atoms with Crippen LogP contribution in [-0.4, -0.2) is 43.1 Å². The molecule has 0 aliphatic rings. The van der Waals surface area contributed by atoms with Crippen LogP contribution in [0, 0.1) is 0 Å². The molecule has 0 bridgehead atoms. The summed E-state index contributed by atoms with van der Waals surface area (Å²) in [5, 5.41) is 0. The Morgan fingerprint density at radius 2 is 1.00 bits per heavy atom. The first-order valence-corrected chi connectivity index (χ1v) is 14.1. The second-order valence-corrected chi connectivity index (χ2v) is 10.4. The van der Waals surface area contributed by atoms with Gasteiger partial charge in [0.2, 0.25) is 5.91 Å². The van der Waals surface area contributed by atoms with E-state index in [9.17, 15) is 17.8 Å². The van der Waals surface area contributed by atoms with Gasteiger partial charge in [0.15, 0.2) is 0 Å². The van der Waals surface area contributed by atoms with Crippen molar-refractivity contribution in [2.24, 2.45) is 0 Å². The van der Waals surface area contributed by atoms with Crippen LogP contribution in [0.25, 0.3) is 0 Å². The topological polar surface area (TPSA) is 77.5 Å². The third-order valence-electron chi connectivity index (χ3n) is 5.85. The molecule has 0 unspecified atom stereocenters. The van der Waals surface area contributed by atoms with Gasteiger partial charge in [0.1, 0.15) is 0 Å². The molecule has 0 N–H and O–H groups in total. The van der Waals surface area contributed by atoms with Gasteiger partial charge in [-0.05, 0) is 6.42 Å². The number of carbonyl (C=O) groups is 1. The number of carbonyl (C=O) groups excluding carboxylic acids is 1. The molecule has 0 aromatic rings. The summed E-state index contributed by atoms with van der Waals surface area (Å²) in [4.78, 5) is 13.2. The molecular weight excluding hydrogens is 437 g/mol. The standard InChI is InChI=1S/C24H49NO4S.K/c1-3-4-5-6-7-8-9-10-11-12-13-14-15-16-17-18-19-20-21-24(26)25(2)22-23-30(27,28)29;/h3-23H2,1-2H3,(H,27,28,29);/q;+1/p-1. The van der Waals surface area contributed by atoms with Gasteiger partial charge in [-0.25, -0.2) is 8.42 Å². The van der Waals surface area contributed by atoms with Crippen LogP contribution < -0.4 is 51.4 Å². The van der Waals surface area contributed by atoms with Crippen LogP contribution in [-0.2, 0) is 14.9 Å². The van der Waals surface area contributed by atoms with Crippen LogP contribution in [0.1, 0.15) is 129 Å². The van der Waals surface area contributed by atoms with Gasteiger partial charge in [0, 0.05) is 20.0 Å². The summed E-state index contributed by atoms with van der Waals surface area (Å²) in [6.07, 6.45) is 24.1. The average Bonchev–Trinajstić information content (AvgIpc) is 2.70.